The van der Waals surface area contributed by atoms with Gasteiger partial charge < -0.3 is 15.7 Å². The van der Waals surface area contributed by atoms with Gasteiger partial charge in [-0.15, -0.1) is 0 Å². The minimum atomic E-state index is -0.663. The van der Waals surface area contributed by atoms with Crippen LogP contribution in [0.3, 0.4) is 0 Å². The molecule has 0 aliphatic carbocycles. The van der Waals surface area contributed by atoms with Crippen molar-refractivity contribution in [3.05, 3.63) is 0 Å². The van der Waals surface area contributed by atoms with Crippen molar-refractivity contribution in [1.29, 1.82) is 0 Å². The minimum absolute atomic E-state index is 0.261. The molecule has 5 nitrogen and oxygen atoms in total. The zero-order chi connectivity index (χ0) is 15.2. The van der Waals surface area contributed by atoms with Gasteiger partial charge in [0.2, 0.25) is 5.91 Å². The van der Waals surface area contributed by atoms with Crippen LogP contribution in [0.2, 0.25) is 0 Å². The smallest absolute Gasteiger partial charge is 0.222 e. The van der Waals surface area contributed by atoms with Gasteiger partial charge in [0, 0.05) is 39.1 Å². The minimum Gasteiger partial charge on any atom is -0.389 e. The fraction of sp³-hybridized carbons (Fsp3) is 0.933. The van der Waals surface area contributed by atoms with Crippen molar-refractivity contribution in [2.75, 3.05) is 39.3 Å². The van der Waals surface area contributed by atoms with Gasteiger partial charge in [-0.2, -0.15) is 0 Å². The predicted octanol–water partition coefficient (Wildman–Crippen LogP) is 0.667. The van der Waals surface area contributed by atoms with Crippen LogP contribution in [0.25, 0.3) is 0 Å². The number of nitrogens with zero attached hydrogens (tertiary/aromatic N) is 2. The second-order valence-electron chi connectivity index (χ2n) is 6.69. The van der Waals surface area contributed by atoms with Crippen molar-refractivity contribution < 1.29 is 9.90 Å². The van der Waals surface area contributed by atoms with Gasteiger partial charge in [0.05, 0.1) is 5.60 Å². The van der Waals surface area contributed by atoms with E-state index in [0.717, 1.165) is 39.0 Å². The summed E-state index contributed by atoms with van der Waals surface area (Å²) in [6.07, 6.45) is 2.55. The molecule has 1 saturated heterocycles. The van der Waals surface area contributed by atoms with Crippen LogP contribution in [0.1, 0.15) is 40.0 Å². The van der Waals surface area contributed by atoms with E-state index in [4.69, 9.17) is 5.73 Å². The number of hydrogen-bond donors (Lipinski definition) is 2. The van der Waals surface area contributed by atoms with Crippen LogP contribution in [0.4, 0.5) is 0 Å². The molecule has 0 spiro atoms. The van der Waals surface area contributed by atoms with E-state index in [9.17, 15) is 9.90 Å². The van der Waals surface area contributed by atoms with Gasteiger partial charge >= 0.3 is 0 Å². The van der Waals surface area contributed by atoms with E-state index < -0.39 is 5.60 Å². The third-order valence-corrected chi connectivity index (χ3v) is 3.85. The number of piperazine rings is 1. The third-order valence-electron chi connectivity index (χ3n) is 3.85. The summed E-state index contributed by atoms with van der Waals surface area (Å²) in [5, 5.41) is 9.81. The summed E-state index contributed by atoms with van der Waals surface area (Å²) < 4.78 is 0. The molecule has 0 saturated carbocycles. The van der Waals surface area contributed by atoms with Crippen LogP contribution in [0.5, 0.6) is 0 Å². The molecule has 1 aliphatic heterocycles. The van der Waals surface area contributed by atoms with Crippen molar-refractivity contribution in [2.45, 2.75) is 45.6 Å². The largest absolute Gasteiger partial charge is 0.389 e. The van der Waals surface area contributed by atoms with Crippen molar-refractivity contribution >= 4 is 5.91 Å². The third kappa shape index (κ3) is 6.68. The van der Waals surface area contributed by atoms with Crippen LogP contribution in [-0.4, -0.2) is 65.7 Å². The number of nitrogens with two attached hydrogens (primary N) is 1. The molecular weight excluding hydrogens is 254 g/mol. The summed E-state index contributed by atoms with van der Waals surface area (Å²) in [5.74, 6) is 0.789. The van der Waals surface area contributed by atoms with Crippen LogP contribution >= 0.6 is 0 Å². The van der Waals surface area contributed by atoms with E-state index in [2.05, 4.69) is 11.8 Å². The Morgan fingerprint density at radius 3 is 2.35 bits per heavy atom. The molecule has 1 amide bonds. The van der Waals surface area contributed by atoms with Crippen molar-refractivity contribution in [1.82, 2.24) is 9.80 Å². The molecule has 1 heterocycles. The van der Waals surface area contributed by atoms with E-state index in [-0.39, 0.29) is 5.91 Å². The number of amides is 1. The monoisotopic (exact) mass is 285 g/mol. The van der Waals surface area contributed by atoms with Gasteiger partial charge in [0.25, 0.3) is 0 Å². The molecule has 20 heavy (non-hydrogen) atoms. The summed E-state index contributed by atoms with van der Waals surface area (Å²) >= 11 is 0. The Hall–Kier alpha value is -0.650. The number of carbonyl (C=O) groups excluding carboxylic acids is 1. The van der Waals surface area contributed by atoms with E-state index >= 15 is 0 Å². The van der Waals surface area contributed by atoms with Crippen LogP contribution in [-0.2, 0) is 4.79 Å². The Labute approximate surface area is 123 Å². The number of aliphatic hydroxyl groups is 1. The molecule has 0 bridgehead atoms. The highest BCUT2D eigenvalue weighted by molar-refractivity contribution is 5.76. The second kappa shape index (κ2) is 7.96. The van der Waals surface area contributed by atoms with Gasteiger partial charge in [-0.25, -0.2) is 0 Å². The zero-order valence-electron chi connectivity index (χ0n) is 13.3. The first-order valence-electron chi connectivity index (χ1n) is 7.74. The molecule has 5 heteroatoms. The molecule has 0 aromatic carbocycles. The van der Waals surface area contributed by atoms with Crippen molar-refractivity contribution in [2.24, 2.45) is 11.7 Å². The molecule has 1 atom stereocenters. The van der Waals surface area contributed by atoms with Gasteiger partial charge in [-0.1, -0.05) is 6.92 Å². The van der Waals surface area contributed by atoms with E-state index in [1.807, 2.05) is 18.7 Å². The Kier molecular flexibility index (Phi) is 6.92. The molecule has 0 aromatic heterocycles. The molecule has 1 rings (SSSR count). The summed E-state index contributed by atoms with van der Waals surface area (Å²) in [5.41, 5.74) is 4.86. The molecular formula is C15H31N3O2. The highest BCUT2D eigenvalue weighted by Gasteiger charge is 2.24. The predicted molar refractivity (Wildman–Crippen MR) is 81.4 cm³/mol. The quantitative estimate of drug-likeness (QED) is 0.721. The average Bonchev–Trinajstić information content (AvgIpc) is 2.35. The Bertz CT molecular complexity index is 294. The first-order valence-corrected chi connectivity index (χ1v) is 7.74. The number of rotatable bonds is 7. The number of hydrogen-bond acceptors (Lipinski definition) is 4. The summed E-state index contributed by atoms with van der Waals surface area (Å²) in [4.78, 5) is 16.3. The highest BCUT2D eigenvalue weighted by Crippen LogP contribution is 2.13. The van der Waals surface area contributed by atoms with Gasteiger partial charge in [-0.3, -0.25) is 9.69 Å². The van der Waals surface area contributed by atoms with Gasteiger partial charge in [-0.05, 0) is 39.2 Å². The summed E-state index contributed by atoms with van der Waals surface area (Å²) in [7, 11) is 0. The highest BCUT2D eigenvalue weighted by atomic mass is 16.3. The Morgan fingerprint density at radius 1 is 1.25 bits per heavy atom. The number of β-amino-alcohol motifs (C(OH)–C–C–N with tert-alkyl or cyclic N) is 1. The number of carbonyl (C=O) groups is 1. The molecule has 1 fully saturated rings. The lowest BCUT2D eigenvalue weighted by Crippen LogP contribution is -2.52. The fourth-order valence-corrected chi connectivity index (χ4v) is 2.66. The first kappa shape index (κ1) is 17.4. The molecule has 0 radical (unpaired) electrons. The normalized spacial score (nSPS) is 19.1. The lowest BCUT2D eigenvalue weighted by molar-refractivity contribution is -0.133. The lowest BCUT2D eigenvalue weighted by Gasteiger charge is -2.37. The van der Waals surface area contributed by atoms with Gasteiger partial charge in [0.1, 0.15) is 0 Å². The maximum atomic E-state index is 12.1. The molecule has 1 aliphatic rings. The molecule has 1 unspecified atom stereocenters. The first-order chi connectivity index (χ1) is 9.31. The topological polar surface area (TPSA) is 69.8 Å². The molecule has 0 aromatic rings. The van der Waals surface area contributed by atoms with E-state index in [1.54, 1.807) is 0 Å². The average molecular weight is 285 g/mol. The molecule has 3 N–H and O–H groups in total. The van der Waals surface area contributed by atoms with E-state index in [0.29, 0.717) is 25.4 Å². The van der Waals surface area contributed by atoms with Crippen molar-refractivity contribution in [3.63, 3.8) is 0 Å². The van der Waals surface area contributed by atoms with Crippen LogP contribution in [0.15, 0.2) is 0 Å². The SMILES string of the molecule is CC(CCN)CCC(=O)N1CCN(CC(C)(C)O)CC1. The maximum absolute atomic E-state index is 12.1. The van der Waals surface area contributed by atoms with E-state index in [1.165, 1.54) is 0 Å². The van der Waals surface area contributed by atoms with Crippen LogP contribution < -0.4 is 5.73 Å². The van der Waals surface area contributed by atoms with Crippen molar-refractivity contribution in [3.8, 4) is 0 Å². The zero-order valence-corrected chi connectivity index (χ0v) is 13.3. The maximum Gasteiger partial charge on any atom is 0.222 e. The summed E-state index contributed by atoms with van der Waals surface area (Å²) in [6.45, 7) is 10.4. The van der Waals surface area contributed by atoms with Crippen LogP contribution in [0, 0.1) is 5.92 Å². The second-order valence-corrected chi connectivity index (χ2v) is 6.69. The Balaban J connectivity index is 2.25. The Morgan fingerprint density at radius 2 is 1.85 bits per heavy atom. The van der Waals surface area contributed by atoms with Gasteiger partial charge in [0.15, 0.2) is 0 Å². The summed E-state index contributed by atoms with van der Waals surface area (Å²) in [6, 6.07) is 0. The fourth-order valence-electron chi connectivity index (χ4n) is 2.66. The standard InChI is InChI=1S/C15H31N3O2/c1-13(6-7-16)4-5-14(19)18-10-8-17(9-11-18)12-15(2,3)20/h13,20H,4-12,16H2,1-3H3. The molecule has 118 valence electrons. The lowest BCUT2D eigenvalue weighted by atomic mass is 10.0.